The lowest BCUT2D eigenvalue weighted by Gasteiger charge is -2.09. The summed E-state index contributed by atoms with van der Waals surface area (Å²) in [6.07, 6.45) is 0.228. The summed E-state index contributed by atoms with van der Waals surface area (Å²) < 4.78 is 0.788. The van der Waals surface area contributed by atoms with Crippen molar-refractivity contribution in [3.8, 4) is 5.75 Å². The van der Waals surface area contributed by atoms with Crippen molar-refractivity contribution in [1.82, 2.24) is 0 Å². The van der Waals surface area contributed by atoms with Gasteiger partial charge in [0.1, 0.15) is 5.75 Å². The summed E-state index contributed by atoms with van der Waals surface area (Å²) in [5, 5.41) is 12.0. The zero-order valence-electron chi connectivity index (χ0n) is 8.33. The van der Waals surface area contributed by atoms with Gasteiger partial charge in [0, 0.05) is 16.9 Å². The van der Waals surface area contributed by atoms with Crippen molar-refractivity contribution in [3.05, 3.63) is 22.7 Å². The van der Waals surface area contributed by atoms with Crippen LogP contribution in [0.1, 0.15) is 13.3 Å². The highest BCUT2D eigenvalue weighted by Gasteiger charge is 2.08. The largest absolute Gasteiger partial charge is 0.506 e. The Morgan fingerprint density at radius 1 is 1.67 bits per heavy atom. The van der Waals surface area contributed by atoms with Crippen molar-refractivity contribution in [1.29, 1.82) is 0 Å². The number of amides is 1. The van der Waals surface area contributed by atoms with E-state index < -0.39 is 0 Å². The second-order valence-corrected chi connectivity index (χ2v) is 4.31. The maximum atomic E-state index is 11.4. The SMILES string of the molecule is CC(N)CC(=O)Nc1cc(Br)ccc1O. The maximum Gasteiger partial charge on any atom is 0.226 e. The average molecular weight is 273 g/mol. The number of carbonyl (C=O) groups excluding carboxylic acids is 1. The first kappa shape index (κ1) is 12.0. The number of hydrogen-bond donors (Lipinski definition) is 3. The predicted octanol–water partition coefficient (Wildman–Crippen LogP) is 1.83. The highest BCUT2D eigenvalue weighted by atomic mass is 79.9. The lowest BCUT2D eigenvalue weighted by Crippen LogP contribution is -2.23. The molecule has 4 N–H and O–H groups in total. The predicted molar refractivity (Wildman–Crippen MR) is 62.7 cm³/mol. The molecular weight excluding hydrogens is 260 g/mol. The van der Waals surface area contributed by atoms with E-state index in [1.807, 2.05) is 0 Å². The molecule has 0 spiro atoms. The Bertz CT molecular complexity index is 366. The van der Waals surface area contributed by atoms with Crippen molar-refractivity contribution >= 4 is 27.5 Å². The number of halogens is 1. The fourth-order valence-corrected chi connectivity index (χ4v) is 1.46. The van der Waals surface area contributed by atoms with Gasteiger partial charge >= 0.3 is 0 Å². The van der Waals surface area contributed by atoms with Crippen LogP contribution in [0.25, 0.3) is 0 Å². The molecule has 0 aliphatic rings. The van der Waals surface area contributed by atoms with E-state index in [1.165, 1.54) is 6.07 Å². The number of phenols is 1. The van der Waals surface area contributed by atoms with Crippen LogP contribution in [0, 0.1) is 0 Å². The van der Waals surface area contributed by atoms with Gasteiger partial charge in [0.25, 0.3) is 0 Å². The number of anilines is 1. The second-order valence-electron chi connectivity index (χ2n) is 3.39. The van der Waals surface area contributed by atoms with E-state index in [4.69, 9.17) is 5.73 Å². The third kappa shape index (κ3) is 3.89. The summed E-state index contributed by atoms with van der Waals surface area (Å²) in [5.41, 5.74) is 5.87. The monoisotopic (exact) mass is 272 g/mol. The van der Waals surface area contributed by atoms with Crippen LogP contribution in [0.15, 0.2) is 22.7 Å². The van der Waals surface area contributed by atoms with Crippen LogP contribution in [0.5, 0.6) is 5.75 Å². The minimum atomic E-state index is -0.210. The molecule has 0 aromatic heterocycles. The van der Waals surface area contributed by atoms with E-state index in [-0.39, 0.29) is 24.1 Å². The zero-order valence-corrected chi connectivity index (χ0v) is 9.91. The van der Waals surface area contributed by atoms with Crippen molar-refractivity contribution in [2.24, 2.45) is 5.73 Å². The average Bonchev–Trinajstić information content (AvgIpc) is 2.10. The van der Waals surface area contributed by atoms with Crippen molar-refractivity contribution in [2.45, 2.75) is 19.4 Å². The minimum Gasteiger partial charge on any atom is -0.506 e. The van der Waals surface area contributed by atoms with E-state index in [1.54, 1.807) is 19.1 Å². The Kier molecular flexibility index (Phi) is 4.11. The molecule has 0 fully saturated rings. The number of carbonyl (C=O) groups is 1. The van der Waals surface area contributed by atoms with Crippen LogP contribution in [0.3, 0.4) is 0 Å². The van der Waals surface area contributed by atoms with Crippen LogP contribution in [0.4, 0.5) is 5.69 Å². The lowest BCUT2D eigenvalue weighted by molar-refractivity contribution is -0.116. The summed E-state index contributed by atoms with van der Waals surface area (Å²) in [4.78, 5) is 11.4. The summed E-state index contributed by atoms with van der Waals surface area (Å²) >= 11 is 3.25. The summed E-state index contributed by atoms with van der Waals surface area (Å²) in [7, 11) is 0. The van der Waals surface area contributed by atoms with Crippen molar-refractivity contribution in [2.75, 3.05) is 5.32 Å². The summed E-state index contributed by atoms with van der Waals surface area (Å²) in [6.45, 7) is 1.75. The van der Waals surface area contributed by atoms with E-state index >= 15 is 0 Å². The smallest absolute Gasteiger partial charge is 0.226 e. The van der Waals surface area contributed by atoms with Crippen molar-refractivity contribution in [3.63, 3.8) is 0 Å². The van der Waals surface area contributed by atoms with Crippen LogP contribution >= 0.6 is 15.9 Å². The highest BCUT2D eigenvalue weighted by molar-refractivity contribution is 9.10. The molecule has 0 saturated heterocycles. The fourth-order valence-electron chi connectivity index (χ4n) is 1.10. The number of nitrogens with one attached hydrogen (secondary N) is 1. The number of hydrogen-bond acceptors (Lipinski definition) is 3. The van der Waals surface area contributed by atoms with Crippen LogP contribution in [0.2, 0.25) is 0 Å². The van der Waals surface area contributed by atoms with Gasteiger partial charge < -0.3 is 16.2 Å². The first-order valence-corrected chi connectivity index (χ1v) is 5.32. The molecule has 82 valence electrons. The molecule has 0 aliphatic heterocycles. The number of benzene rings is 1. The van der Waals surface area contributed by atoms with Gasteiger partial charge in [0.2, 0.25) is 5.91 Å². The number of aromatic hydroxyl groups is 1. The Hall–Kier alpha value is -1.07. The number of nitrogens with two attached hydrogens (primary N) is 1. The highest BCUT2D eigenvalue weighted by Crippen LogP contribution is 2.26. The first-order valence-electron chi connectivity index (χ1n) is 4.53. The molecular formula is C10H13BrN2O2. The van der Waals surface area contributed by atoms with Gasteiger partial charge in [-0.15, -0.1) is 0 Å². The minimum absolute atomic E-state index is 0.0382. The second kappa shape index (κ2) is 5.14. The molecule has 0 saturated carbocycles. The van der Waals surface area contributed by atoms with Crippen LogP contribution in [-0.2, 0) is 4.79 Å². The van der Waals surface area contributed by atoms with Crippen LogP contribution in [-0.4, -0.2) is 17.1 Å². The first-order chi connectivity index (χ1) is 6.99. The molecule has 0 heterocycles. The summed E-state index contributed by atoms with van der Waals surface area (Å²) in [6, 6.07) is 4.63. The third-order valence-corrected chi connectivity index (χ3v) is 2.23. The fraction of sp³-hybridized carbons (Fsp3) is 0.300. The molecule has 0 radical (unpaired) electrons. The van der Waals surface area contributed by atoms with Gasteiger partial charge in [-0.25, -0.2) is 0 Å². The van der Waals surface area contributed by atoms with E-state index in [9.17, 15) is 9.90 Å². The number of rotatable bonds is 3. The molecule has 4 nitrogen and oxygen atoms in total. The van der Waals surface area contributed by atoms with Gasteiger partial charge in [-0.05, 0) is 25.1 Å². The third-order valence-electron chi connectivity index (χ3n) is 1.74. The van der Waals surface area contributed by atoms with Gasteiger partial charge in [-0.2, -0.15) is 0 Å². The molecule has 5 heteroatoms. The molecule has 0 bridgehead atoms. The van der Waals surface area contributed by atoms with Gasteiger partial charge in [-0.1, -0.05) is 15.9 Å². The van der Waals surface area contributed by atoms with E-state index in [0.717, 1.165) is 4.47 Å². The molecule has 1 amide bonds. The van der Waals surface area contributed by atoms with Gasteiger partial charge in [0.05, 0.1) is 5.69 Å². The molecule has 1 rings (SSSR count). The van der Waals surface area contributed by atoms with Crippen molar-refractivity contribution < 1.29 is 9.90 Å². The summed E-state index contributed by atoms with van der Waals surface area (Å²) in [5.74, 6) is -0.172. The molecule has 15 heavy (non-hydrogen) atoms. The van der Waals surface area contributed by atoms with E-state index in [0.29, 0.717) is 5.69 Å². The standard InChI is InChI=1S/C10H13BrN2O2/c1-6(12)4-10(15)13-8-5-7(11)2-3-9(8)14/h2-3,5-6,14H,4,12H2,1H3,(H,13,15). The maximum absolute atomic E-state index is 11.4. The van der Waals surface area contributed by atoms with Crippen LogP contribution < -0.4 is 11.1 Å². The number of phenolic OH excluding ortho intramolecular Hbond substituents is 1. The zero-order chi connectivity index (χ0) is 11.4. The molecule has 1 atom stereocenters. The van der Waals surface area contributed by atoms with Gasteiger partial charge in [-0.3, -0.25) is 4.79 Å². The Morgan fingerprint density at radius 2 is 2.33 bits per heavy atom. The Balaban J connectivity index is 2.71. The molecule has 0 aliphatic carbocycles. The Labute approximate surface area is 96.6 Å². The molecule has 1 aromatic carbocycles. The quantitative estimate of drug-likeness (QED) is 0.735. The molecule has 1 aromatic rings. The topological polar surface area (TPSA) is 75.4 Å². The lowest BCUT2D eigenvalue weighted by atomic mass is 10.2. The molecule has 1 unspecified atom stereocenters. The van der Waals surface area contributed by atoms with E-state index in [2.05, 4.69) is 21.2 Å². The normalized spacial score (nSPS) is 12.2. The van der Waals surface area contributed by atoms with Gasteiger partial charge in [0.15, 0.2) is 0 Å². The Morgan fingerprint density at radius 3 is 2.93 bits per heavy atom.